The minimum Gasteiger partial charge on any atom is -0.376 e. The van der Waals surface area contributed by atoms with Crippen molar-refractivity contribution in [3.8, 4) is 0 Å². The van der Waals surface area contributed by atoms with Crippen LogP contribution in [0.2, 0.25) is 0 Å². The molecule has 0 spiro atoms. The number of nitrogens with zero attached hydrogens (tertiary/aromatic N) is 3. The lowest BCUT2D eigenvalue weighted by Crippen LogP contribution is -2.47. The van der Waals surface area contributed by atoms with Gasteiger partial charge < -0.3 is 9.64 Å². The van der Waals surface area contributed by atoms with Gasteiger partial charge in [0.1, 0.15) is 0 Å². The van der Waals surface area contributed by atoms with Gasteiger partial charge in [0.25, 0.3) is 0 Å². The number of piperidine rings is 2. The predicted molar refractivity (Wildman–Crippen MR) is 125 cm³/mol. The van der Waals surface area contributed by atoms with Gasteiger partial charge in [0.15, 0.2) is 0 Å². The smallest absolute Gasteiger partial charge is 0.236 e. The van der Waals surface area contributed by atoms with Crippen LogP contribution < -0.4 is 0 Å². The third-order valence-corrected chi connectivity index (χ3v) is 7.45. The molecule has 1 aromatic rings. The molecule has 0 unspecified atom stereocenters. The highest BCUT2D eigenvalue weighted by Gasteiger charge is 2.28. The first-order valence-corrected chi connectivity index (χ1v) is 12.6. The van der Waals surface area contributed by atoms with E-state index >= 15 is 0 Å². The Morgan fingerprint density at radius 1 is 0.968 bits per heavy atom. The van der Waals surface area contributed by atoms with E-state index in [1.54, 1.807) is 0 Å². The number of carbonyl (C=O) groups is 1. The Morgan fingerprint density at radius 3 is 2.45 bits per heavy atom. The van der Waals surface area contributed by atoms with E-state index in [9.17, 15) is 4.79 Å². The van der Waals surface area contributed by atoms with E-state index in [4.69, 9.17) is 4.74 Å². The Hall–Kier alpha value is -1.43. The lowest BCUT2D eigenvalue weighted by atomic mass is 9.95. The van der Waals surface area contributed by atoms with E-state index in [0.29, 0.717) is 18.4 Å². The summed E-state index contributed by atoms with van der Waals surface area (Å²) in [6.45, 7) is 10.8. The van der Waals surface area contributed by atoms with Gasteiger partial charge in [-0.05, 0) is 88.7 Å². The molecule has 1 aromatic carbocycles. The van der Waals surface area contributed by atoms with E-state index in [2.05, 4.69) is 45.9 Å². The summed E-state index contributed by atoms with van der Waals surface area (Å²) in [5.41, 5.74) is 2.83. The van der Waals surface area contributed by atoms with Crippen molar-refractivity contribution in [3.63, 3.8) is 0 Å². The largest absolute Gasteiger partial charge is 0.376 e. The van der Waals surface area contributed by atoms with Gasteiger partial charge in [-0.1, -0.05) is 30.7 Å². The van der Waals surface area contributed by atoms with Crippen molar-refractivity contribution in [2.45, 2.75) is 64.5 Å². The van der Waals surface area contributed by atoms with Crippen molar-refractivity contribution in [3.05, 3.63) is 35.4 Å². The minimum absolute atomic E-state index is 0.242. The third-order valence-electron chi connectivity index (χ3n) is 7.45. The van der Waals surface area contributed by atoms with Crippen LogP contribution in [0, 0.1) is 12.8 Å². The number of rotatable bonds is 8. The molecule has 0 radical (unpaired) electrons. The molecule has 3 aliphatic rings. The van der Waals surface area contributed by atoms with Crippen molar-refractivity contribution < 1.29 is 9.53 Å². The van der Waals surface area contributed by atoms with Crippen molar-refractivity contribution >= 4 is 5.91 Å². The van der Waals surface area contributed by atoms with Crippen LogP contribution in [0.1, 0.15) is 56.1 Å². The van der Waals surface area contributed by atoms with E-state index in [0.717, 1.165) is 65.3 Å². The van der Waals surface area contributed by atoms with E-state index in [-0.39, 0.29) is 6.10 Å². The Labute approximate surface area is 188 Å². The lowest BCUT2D eigenvalue weighted by molar-refractivity contribution is -0.135. The molecule has 4 rings (SSSR count). The number of hydrogen-bond donors (Lipinski definition) is 0. The molecule has 172 valence electrons. The Balaban J connectivity index is 1.29. The molecule has 3 aliphatic heterocycles. The molecule has 31 heavy (non-hydrogen) atoms. The third kappa shape index (κ3) is 6.77. The SMILES string of the molecule is Cc1ccccc1CN1CCC(CN(C[C@H]2CCCO2)C(=O)CN2CCCCC2)CC1. The second kappa shape index (κ2) is 11.4. The highest BCUT2D eigenvalue weighted by molar-refractivity contribution is 5.78. The quantitative estimate of drug-likeness (QED) is 0.634. The van der Waals surface area contributed by atoms with Crippen LogP contribution in [0.15, 0.2) is 24.3 Å². The molecule has 5 heteroatoms. The molecule has 3 saturated heterocycles. The maximum atomic E-state index is 13.2. The molecule has 0 saturated carbocycles. The Morgan fingerprint density at radius 2 is 1.74 bits per heavy atom. The molecule has 0 aliphatic carbocycles. The molecule has 5 nitrogen and oxygen atoms in total. The van der Waals surface area contributed by atoms with E-state index in [1.165, 1.54) is 43.2 Å². The first-order valence-electron chi connectivity index (χ1n) is 12.6. The Kier molecular flexibility index (Phi) is 8.40. The maximum absolute atomic E-state index is 13.2. The molecule has 3 heterocycles. The summed E-state index contributed by atoms with van der Waals surface area (Å²) in [5.74, 6) is 0.930. The first kappa shape index (κ1) is 22.8. The summed E-state index contributed by atoms with van der Waals surface area (Å²) in [4.78, 5) is 20.3. The number of aryl methyl sites for hydroxylation is 1. The number of amides is 1. The fraction of sp³-hybridized carbons (Fsp3) is 0.731. The molecule has 0 bridgehead atoms. The van der Waals surface area contributed by atoms with Gasteiger partial charge in [0.05, 0.1) is 12.6 Å². The minimum atomic E-state index is 0.242. The van der Waals surface area contributed by atoms with Crippen molar-refractivity contribution in [1.82, 2.24) is 14.7 Å². The van der Waals surface area contributed by atoms with Gasteiger partial charge in [0.2, 0.25) is 5.91 Å². The number of ether oxygens (including phenoxy) is 1. The van der Waals surface area contributed by atoms with Gasteiger partial charge in [-0.2, -0.15) is 0 Å². The zero-order chi connectivity index (χ0) is 21.5. The van der Waals surface area contributed by atoms with Crippen molar-refractivity contribution in [2.75, 3.05) is 52.4 Å². The van der Waals surface area contributed by atoms with Crippen LogP contribution >= 0.6 is 0 Å². The second-order valence-corrected chi connectivity index (χ2v) is 9.92. The topological polar surface area (TPSA) is 36.0 Å². The number of benzene rings is 1. The van der Waals surface area contributed by atoms with Gasteiger partial charge >= 0.3 is 0 Å². The number of likely N-dealkylation sites (tertiary alicyclic amines) is 2. The molecule has 1 amide bonds. The van der Waals surface area contributed by atoms with Gasteiger partial charge in [0, 0.05) is 26.2 Å². The fourth-order valence-corrected chi connectivity index (χ4v) is 5.39. The summed E-state index contributed by atoms with van der Waals surface area (Å²) in [5, 5.41) is 0. The van der Waals surface area contributed by atoms with Crippen LogP contribution in [-0.2, 0) is 16.1 Å². The Bertz CT molecular complexity index is 690. The summed E-state index contributed by atoms with van der Waals surface area (Å²) in [7, 11) is 0. The van der Waals surface area contributed by atoms with Crippen molar-refractivity contribution in [2.24, 2.45) is 5.92 Å². The number of carbonyl (C=O) groups excluding carboxylic acids is 1. The standard InChI is InChI=1S/C26H41N3O2/c1-22-8-3-4-9-24(22)19-28-15-11-23(12-16-28)18-29(20-25-10-7-17-31-25)26(30)21-27-13-5-2-6-14-27/h3-4,8-9,23,25H,2,5-7,10-21H2,1H3/t25-/m1/s1. The highest BCUT2D eigenvalue weighted by atomic mass is 16.5. The molecule has 0 N–H and O–H groups in total. The first-order chi connectivity index (χ1) is 15.2. The molecule has 0 aromatic heterocycles. The number of hydrogen-bond acceptors (Lipinski definition) is 4. The summed E-state index contributed by atoms with van der Waals surface area (Å²) in [6.07, 6.45) is 8.63. The van der Waals surface area contributed by atoms with Crippen LogP contribution in [0.4, 0.5) is 0 Å². The maximum Gasteiger partial charge on any atom is 0.236 e. The van der Waals surface area contributed by atoms with Crippen LogP contribution in [0.25, 0.3) is 0 Å². The van der Waals surface area contributed by atoms with Gasteiger partial charge in [-0.25, -0.2) is 0 Å². The van der Waals surface area contributed by atoms with Crippen LogP contribution in [0.5, 0.6) is 0 Å². The molecule has 1 atom stereocenters. The average Bonchev–Trinajstić information content (AvgIpc) is 3.30. The normalized spacial score (nSPS) is 23.8. The second-order valence-electron chi connectivity index (χ2n) is 9.92. The lowest BCUT2D eigenvalue weighted by Gasteiger charge is -2.36. The monoisotopic (exact) mass is 427 g/mol. The van der Waals surface area contributed by atoms with Crippen molar-refractivity contribution in [1.29, 1.82) is 0 Å². The summed E-state index contributed by atoms with van der Waals surface area (Å²) in [6, 6.07) is 8.73. The van der Waals surface area contributed by atoms with Crippen LogP contribution in [-0.4, -0.2) is 79.1 Å². The zero-order valence-corrected chi connectivity index (χ0v) is 19.4. The van der Waals surface area contributed by atoms with E-state index in [1.807, 2.05) is 0 Å². The molecular weight excluding hydrogens is 386 g/mol. The molecule has 3 fully saturated rings. The summed E-state index contributed by atoms with van der Waals surface area (Å²) >= 11 is 0. The van der Waals surface area contributed by atoms with Gasteiger partial charge in [-0.3, -0.25) is 14.6 Å². The van der Waals surface area contributed by atoms with Crippen LogP contribution in [0.3, 0.4) is 0 Å². The zero-order valence-electron chi connectivity index (χ0n) is 19.4. The summed E-state index contributed by atoms with van der Waals surface area (Å²) < 4.78 is 5.89. The average molecular weight is 428 g/mol. The van der Waals surface area contributed by atoms with Gasteiger partial charge in [-0.15, -0.1) is 0 Å². The highest BCUT2D eigenvalue weighted by Crippen LogP contribution is 2.23. The van der Waals surface area contributed by atoms with E-state index < -0.39 is 0 Å². The molecular formula is C26H41N3O2. The fourth-order valence-electron chi connectivity index (χ4n) is 5.39. The predicted octanol–water partition coefficient (Wildman–Crippen LogP) is 3.70.